The lowest BCUT2D eigenvalue weighted by Crippen LogP contribution is -2.40. The fraction of sp³-hybridized carbons (Fsp3) is 0.647. The number of phenolic OH excluding ortho intramolecular Hbond substituents is 1. The molecule has 3 rings (SSSR count). The first-order chi connectivity index (χ1) is 9.60. The second-order valence-corrected chi connectivity index (χ2v) is 6.62. The van der Waals surface area contributed by atoms with Crippen molar-refractivity contribution in [2.75, 3.05) is 13.1 Å². The number of likely N-dealkylation sites (tertiary alicyclic amines) is 1. The summed E-state index contributed by atoms with van der Waals surface area (Å²) in [5.41, 5.74) is 1.31. The molecule has 0 amide bonds. The van der Waals surface area contributed by atoms with Crippen molar-refractivity contribution in [3.8, 4) is 5.75 Å². The highest BCUT2D eigenvalue weighted by Gasteiger charge is 2.38. The van der Waals surface area contributed by atoms with Crippen LogP contribution in [0.4, 0.5) is 4.39 Å². The van der Waals surface area contributed by atoms with Gasteiger partial charge in [0.05, 0.1) is 0 Å². The Bertz CT molecular complexity index is 472. The molecule has 1 N–H and O–H groups in total. The molecule has 1 spiro atoms. The van der Waals surface area contributed by atoms with E-state index in [0.29, 0.717) is 11.0 Å². The predicted octanol–water partition coefficient (Wildman–Crippen LogP) is 4.25. The summed E-state index contributed by atoms with van der Waals surface area (Å²) in [6, 6.07) is 4.34. The van der Waals surface area contributed by atoms with Crippen molar-refractivity contribution in [2.45, 2.75) is 51.5 Å². The Morgan fingerprint density at radius 3 is 2.45 bits per heavy atom. The topological polar surface area (TPSA) is 23.5 Å². The van der Waals surface area contributed by atoms with Crippen LogP contribution < -0.4 is 0 Å². The minimum Gasteiger partial charge on any atom is -0.508 e. The minimum atomic E-state index is -0.270. The van der Waals surface area contributed by atoms with Crippen LogP contribution in [0.5, 0.6) is 5.75 Å². The Balaban J connectivity index is 1.69. The van der Waals surface area contributed by atoms with Gasteiger partial charge in [-0.15, -0.1) is 0 Å². The molecule has 0 radical (unpaired) electrons. The third-order valence-electron chi connectivity index (χ3n) is 5.51. The lowest BCUT2D eigenvalue weighted by Gasteiger charge is -2.42. The minimum absolute atomic E-state index is 0.0875. The van der Waals surface area contributed by atoms with Crippen molar-refractivity contribution in [2.24, 2.45) is 5.41 Å². The molecule has 1 unspecified atom stereocenters. The molecule has 1 heterocycles. The van der Waals surface area contributed by atoms with Crippen molar-refractivity contribution < 1.29 is 9.50 Å². The maximum atomic E-state index is 13.4. The van der Waals surface area contributed by atoms with E-state index in [9.17, 15) is 9.50 Å². The van der Waals surface area contributed by atoms with Crippen LogP contribution in [-0.2, 0) is 0 Å². The number of hydrogen-bond acceptors (Lipinski definition) is 2. The van der Waals surface area contributed by atoms with Crippen LogP contribution in [0.2, 0.25) is 0 Å². The van der Waals surface area contributed by atoms with Crippen LogP contribution in [0, 0.1) is 11.2 Å². The summed E-state index contributed by atoms with van der Waals surface area (Å²) in [7, 11) is 0. The largest absolute Gasteiger partial charge is 0.508 e. The second kappa shape index (κ2) is 5.36. The highest BCUT2D eigenvalue weighted by atomic mass is 19.1. The lowest BCUT2D eigenvalue weighted by atomic mass is 9.76. The van der Waals surface area contributed by atoms with Gasteiger partial charge in [0.1, 0.15) is 11.6 Å². The van der Waals surface area contributed by atoms with E-state index in [2.05, 4.69) is 11.8 Å². The van der Waals surface area contributed by atoms with E-state index < -0.39 is 0 Å². The molecule has 110 valence electrons. The van der Waals surface area contributed by atoms with E-state index in [0.717, 1.165) is 13.1 Å². The molecule has 3 heteroatoms. The van der Waals surface area contributed by atoms with Crippen molar-refractivity contribution in [3.05, 3.63) is 29.6 Å². The summed E-state index contributed by atoms with van der Waals surface area (Å²) in [6.45, 7) is 4.20. The maximum absolute atomic E-state index is 13.4. The van der Waals surface area contributed by atoms with E-state index >= 15 is 0 Å². The van der Waals surface area contributed by atoms with Crippen molar-refractivity contribution in [3.63, 3.8) is 0 Å². The van der Waals surface area contributed by atoms with Gasteiger partial charge in [-0.2, -0.15) is 0 Å². The summed E-state index contributed by atoms with van der Waals surface area (Å²) in [5.74, 6) is -0.0611. The standard InChI is InChI=1S/C17H24FNO/c1-13(15-12-14(18)4-5-16(15)20)19-10-8-17(9-11-19)6-2-3-7-17/h4-5,12-13,20H,2-3,6-11H2,1H3. The van der Waals surface area contributed by atoms with Gasteiger partial charge >= 0.3 is 0 Å². The van der Waals surface area contributed by atoms with Crippen LogP contribution in [-0.4, -0.2) is 23.1 Å². The normalized spacial score (nSPS) is 24.1. The highest BCUT2D eigenvalue weighted by molar-refractivity contribution is 5.35. The van der Waals surface area contributed by atoms with Gasteiger partial charge in [0.15, 0.2) is 0 Å². The van der Waals surface area contributed by atoms with Crippen LogP contribution >= 0.6 is 0 Å². The first-order valence-corrected chi connectivity index (χ1v) is 7.82. The number of nitrogens with zero attached hydrogens (tertiary/aromatic N) is 1. The Morgan fingerprint density at radius 1 is 1.15 bits per heavy atom. The Morgan fingerprint density at radius 2 is 1.80 bits per heavy atom. The molecule has 20 heavy (non-hydrogen) atoms. The number of piperidine rings is 1. The molecule has 1 saturated heterocycles. The van der Waals surface area contributed by atoms with E-state index in [1.807, 2.05) is 0 Å². The van der Waals surface area contributed by atoms with Gasteiger partial charge in [-0.05, 0) is 69.3 Å². The summed E-state index contributed by atoms with van der Waals surface area (Å²) >= 11 is 0. The molecular formula is C17H24FNO. The van der Waals surface area contributed by atoms with Crippen molar-refractivity contribution in [1.29, 1.82) is 0 Å². The zero-order valence-corrected chi connectivity index (χ0v) is 12.2. The molecule has 1 aliphatic heterocycles. The van der Waals surface area contributed by atoms with Gasteiger partial charge in [-0.1, -0.05) is 12.8 Å². The summed E-state index contributed by atoms with van der Waals surface area (Å²) in [4.78, 5) is 2.39. The number of aromatic hydroxyl groups is 1. The molecule has 1 aromatic rings. The molecule has 0 aromatic heterocycles. The number of rotatable bonds is 2. The quantitative estimate of drug-likeness (QED) is 0.873. The monoisotopic (exact) mass is 277 g/mol. The zero-order chi connectivity index (χ0) is 14.2. The van der Waals surface area contributed by atoms with E-state index in [4.69, 9.17) is 0 Å². The zero-order valence-electron chi connectivity index (χ0n) is 12.2. The van der Waals surface area contributed by atoms with E-state index in [-0.39, 0.29) is 17.6 Å². The van der Waals surface area contributed by atoms with Crippen LogP contribution in [0.1, 0.15) is 57.1 Å². The first-order valence-electron chi connectivity index (χ1n) is 7.82. The number of phenols is 1. The molecule has 1 saturated carbocycles. The predicted molar refractivity (Wildman–Crippen MR) is 78.2 cm³/mol. The molecule has 1 aromatic carbocycles. The molecule has 0 bridgehead atoms. The lowest BCUT2D eigenvalue weighted by molar-refractivity contribution is 0.0805. The van der Waals surface area contributed by atoms with E-state index in [1.165, 1.54) is 56.7 Å². The van der Waals surface area contributed by atoms with Crippen LogP contribution in [0.15, 0.2) is 18.2 Å². The third-order valence-corrected chi connectivity index (χ3v) is 5.51. The summed E-state index contributed by atoms with van der Waals surface area (Å²) < 4.78 is 13.4. The Kier molecular flexibility index (Phi) is 3.72. The van der Waals surface area contributed by atoms with Gasteiger partial charge in [0.2, 0.25) is 0 Å². The first kappa shape index (κ1) is 13.9. The van der Waals surface area contributed by atoms with Gasteiger partial charge in [0, 0.05) is 11.6 Å². The number of hydrogen-bond donors (Lipinski definition) is 1. The maximum Gasteiger partial charge on any atom is 0.123 e. The molecular weight excluding hydrogens is 253 g/mol. The number of halogens is 1. The van der Waals surface area contributed by atoms with Crippen LogP contribution in [0.3, 0.4) is 0 Å². The Labute approximate surface area is 120 Å². The van der Waals surface area contributed by atoms with Crippen molar-refractivity contribution in [1.82, 2.24) is 4.90 Å². The van der Waals surface area contributed by atoms with Gasteiger partial charge < -0.3 is 5.11 Å². The fourth-order valence-corrected chi connectivity index (χ4v) is 4.07. The molecule has 2 aliphatic rings. The molecule has 2 fully saturated rings. The smallest absolute Gasteiger partial charge is 0.123 e. The highest BCUT2D eigenvalue weighted by Crippen LogP contribution is 2.47. The van der Waals surface area contributed by atoms with E-state index in [1.54, 1.807) is 0 Å². The Hall–Kier alpha value is -1.09. The molecule has 2 nitrogen and oxygen atoms in total. The molecule has 1 atom stereocenters. The SMILES string of the molecule is CC(c1cc(F)ccc1O)N1CCC2(CCCC2)CC1. The van der Waals surface area contributed by atoms with Gasteiger partial charge in [0.25, 0.3) is 0 Å². The summed E-state index contributed by atoms with van der Waals surface area (Å²) in [6.07, 6.45) is 8.07. The summed E-state index contributed by atoms with van der Waals surface area (Å²) in [5, 5.41) is 9.95. The average molecular weight is 277 g/mol. The number of benzene rings is 1. The van der Waals surface area contributed by atoms with Crippen LogP contribution in [0.25, 0.3) is 0 Å². The molecule has 1 aliphatic carbocycles. The van der Waals surface area contributed by atoms with Crippen molar-refractivity contribution >= 4 is 0 Å². The van der Waals surface area contributed by atoms with Gasteiger partial charge in [-0.3, -0.25) is 4.90 Å². The van der Waals surface area contributed by atoms with Gasteiger partial charge in [-0.25, -0.2) is 4.39 Å². The third kappa shape index (κ3) is 2.56. The second-order valence-electron chi connectivity index (χ2n) is 6.62. The fourth-order valence-electron chi connectivity index (χ4n) is 4.07. The average Bonchev–Trinajstić information content (AvgIpc) is 2.90.